The predicted molar refractivity (Wildman–Crippen MR) is 182 cm³/mol. The molecule has 0 radical (unpaired) electrons. The Kier molecular flexibility index (Phi) is 20.8. The van der Waals surface area contributed by atoms with Crippen molar-refractivity contribution in [2.24, 2.45) is 16.6 Å². The average Bonchev–Trinajstić information content (AvgIpc) is 3.51. The molecule has 1 saturated heterocycles. The van der Waals surface area contributed by atoms with E-state index >= 15 is 0 Å². The first-order valence-electron chi connectivity index (χ1n) is 16.5. The van der Waals surface area contributed by atoms with Gasteiger partial charge in [0.25, 0.3) is 0 Å². The molecule has 298 valence electrons. The van der Waals surface area contributed by atoms with Crippen LogP contribution in [0.15, 0.2) is 46.6 Å². The summed E-state index contributed by atoms with van der Waals surface area (Å²) in [5.41, 5.74) is 18.3. The molecule has 52 heavy (non-hydrogen) atoms. The highest BCUT2D eigenvalue weighted by atomic mass is 19.4. The Bertz CT molecular complexity index is 1320. The summed E-state index contributed by atoms with van der Waals surface area (Å²) in [6.07, 6.45) is -13.2. The van der Waals surface area contributed by atoms with Crippen molar-refractivity contribution < 1.29 is 49.0 Å². The van der Waals surface area contributed by atoms with E-state index in [-0.39, 0.29) is 30.2 Å². The number of nitrogens with one attached hydrogen (secondary N) is 3. The van der Waals surface area contributed by atoms with Gasteiger partial charge in [0.15, 0.2) is 0 Å². The number of guanidine groups is 1. The van der Waals surface area contributed by atoms with E-state index in [9.17, 15) is 44.3 Å². The summed E-state index contributed by atoms with van der Waals surface area (Å²) in [5.74, 6) is -0.459. The number of alkyl halides is 9. The number of hydrogen-bond acceptors (Lipinski definition) is 7. The minimum absolute atomic E-state index is 0.00156. The van der Waals surface area contributed by atoms with Gasteiger partial charge in [-0.2, -0.15) is 39.5 Å². The van der Waals surface area contributed by atoms with Crippen LogP contribution >= 0.6 is 0 Å². The number of benzene rings is 1. The summed E-state index contributed by atoms with van der Waals surface area (Å²) >= 11 is 0. The van der Waals surface area contributed by atoms with Crippen molar-refractivity contribution in [2.45, 2.75) is 110 Å². The van der Waals surface area contributed by atoms with Crippen LogP contribution in [0.5, 0.6) is 0 Å². The van der Waals surface area contributed by atoms with Gasteiger partial charge in [-0.25, -0.2) is 10.3 Å². The molecule has 2 aliphatic heterocycles. The molecule has 1 aromatic rings. The average molecular weight is 763 g/mol. The Morgan fingerprint density at radius 3 is 2.13 bits per heavy atom. The topological polar surface area (TPSA) is 157 Å². The normalized spacial score (nSPS) is 17.8. The third-order valence-electron chi connectivity index (χ3n) is 7.06. The summed E-state index contributed by atoms with van der Waals surface area (Å²) in [4.78, 5) is 14.4. The molecule has 19 heteroatoms. The molecule has 2 heterocycles. The molecule has 0 aromatic heterocycles. The zero-order valence-corrected chi connectivity index (χ0v) is 30.2. The summed E-state index contributed by atoms with van der Waals surface area (Å²) in [6.45, 7) is 10.6. The second-order valence-corrected chi connectivity index (χ2v) is 12.0. The van der Waals surface area contributed by atoms with Crippen molar-refractivity contribution in [3.8, 4) is 0 Å². The highest BCUT2D eigenvalue weighted by Gasteiger charge is 2.35. The molecule has 0 spiro atoms. The molecule has 2 aliphatic rings. The van der Waals surface area contributed by atoms with E-state index in [0.717, 1.165) is 42.6 Å². The number of carbonyl (C=O) groups excluding carboxylic acids is 1. The Hall–Kier alpha value is -3.71. The van der Waals surface area contributed by atoms with Crippen LogP contribution in [0, 0.1) is 10.9 Å². The molecule has 0 bridgehead atoms. The molecule has 1 fully saturated rings. The first-order valence-corrected chi connectivity index (χ1v) is 16.5. The van der Waals surface area contributed by atoms with Crippen LogP contribution in [0.3, 0.4) is 0 Å². The highest BCUT2D eigenvalue weighted by Crippen LogP contribution is 2.36. The molecule has 2 atom stereocenters. The molecule has 10 nitrogen and oxygen atoms in total. The lowest BCUT2D eigenvalue weighted by Crippen LogP contribution is -2.49. The third-order valence-corrected chi connectivity index (χ3v) is 7.06. The van der Waals surface area contributed by atoms with Crippen molar-refractivity contribution in [3.05, 3.63) is 52.6 Å². The molecular weight excluding hydrogens is 711 g/mol. The number of ether oxygens (including phenoxy) is 1. The largest absolute Gasteiger partial charge is 0.446 e. The van der Waals surface area contributed by atoms with Gasteiger partial charge >= 0.3 is 24.6 Å². The number of rotatable bonds is 7. The van der Waals surface area contributed by atoms with E-state index in [0.29, 0.717) is 30.1 Å². The number of allylic oxidation sites excluding steroid dienone is 3. The lowest BCUT2D eigenvalue weighted by Gasteiger charge is -2.34. The third kappa shape index (κ3) is 19.8. The number of carbonyl (C=O) groups is 1. The molecule has 7 N–H and O–H groups in total. The second-order valence-electron chi connectivity index (χ2n) is 12.0. The van der Waals surface area contributed by atoms with Crippen molar-refractivity contribution in [1.82, 2.24) is 10.2 Å². The first-order chi connectivity index (χ1) is 23.9. The maximum atomic E-state index is 12.7. The lowest BCUT2D eigenvalue weighted by molar-refractivity contribution is -0.137. The molecule has 0 saturated carbocycles. The van der Waals surface area contributed by atoms with Crippen LogP contribution in [-0.2, 0) is 17.3 Å². The van der Waals surface area contributed by atoms with E-state index in [1.165, 1.54) is 31.0 Å². The number of hydrogen-bond donors (Lipinski definition) is 5. The van der Waals surface area contributed by atoms with Crippen molar-refractivity contribution in [2.75, 3.05) is 31.6 Å². The van der Waals surface area contributed by atoms with Crippen molar-refractivity contribution in [1.29, 1.82) is 10.9 Å². The molecule has 1 aromatic carbocycles. The zero-order valence-electron chi connectivity index (χ0n) is 30.2. The number of likely N-dealkylation sites (N-methyl/N-ethyl adjacent to an activating group) is 1. The van der Waals surface area contributed by atoms with Gasteiger partial charge in [0.2, 0.25) is 5.96 Å². The van der Waals surface area contributed by atoms with E-state index < -0.39 is 55.2 Å². The number of nitrogens with two attached hydrogens (primary N) is 2. The van der Waals surface area contributed by atoms with Crippen LogP contribution < -0.4 is 21.7 Å². The fourth-order valence-electron chi connectivity index (χ4n) is 4.61. The molecule has 3 rings (SSSR count). The number of halogens is 9. The van der Waals surface area contributed by atoms with Crippen LogP contribution in [0.25, 0.3) is 0 Å². The Balaban J connectivity index is 0.000000826. The van der Waals surface area contributed by atoms with Crippen molar-refractivity contribution >= 4 is 17.7 Å². The van der Waals surface area contributed by atoms with Crippen LogP contribution in [0.1, 0.15) is 77.8 Å². The monoisotopic (exact) mass is 762 g/mol. The van der Waals surface area contributed by atoms with Crippen LogP contribution in [0.4, 0.5) is 50.0 Å². The number of aryl methyl sites for hydroxylation is 1. The summed E-state index contributed by atoms with van der Waals surface area (Å²) in [7, 11) is 1.36. The summed E-state index contributed by atoms with van der Waals surface area (Å²) in [5, 5.41) is 13.3. The second kappa shape index (κ2) is 22.4. The van der Waals surface area contributed by atoms with E-state index in [4.69, 9.17) is 27.1 Å². The van der Waals surface area contributed by atoms with Crippen LogP contribution in [-0.4, -0.2) is 74.3 Å². The van der Waals surface area contributed by atoms with Gasteiger partial charge in [-0.15, -0.1) is 5.11 Å². The Morgan fingerprint density at radius 2 is 1.69 bits per heavy atom. The molecular formula is C33H51F9N8O2. The SMILES string of the molecule is C/C(=C\C/C(=C\CC(F)(F)F)CN(C)C(=N)N=N)CC(F)(F)F.CC.CC(C)OC(=O)N1c2ccc(C(F)(F)F)cc2CCC1N.N[C@@H]1CCNC1. The summed E-state index contributed by atoms with van der Waals surface area (Å²) < 4.78 is 117. The Labute approximate surface area is 298 Å². The number of anilines is 1. The quantitative estimate of drug-likeness (QED) is 0.0615. The smallest absolute Gasteiger partial charge is 0.416 e. The van der Waals surface area contributed by atoms with Crippen molar-refractivity contribution in [3.63, 3.8) is 0 Å². The van der Waals surface area contributed by atoms with Gasteiger partial charge in [0.1, 0.15) is 0 Å². The lowest BCUT2D eigenvalue weighted by atomic mass is 9.97. The van der Waals surface area contributed by atoms with Gasteiger partial charge in [0, 0.05) is 26.2 Å². The maximum absolute atomic E-state index is 12.7. The molecule has 1 amide bonds. The maximum Gasteiger partial charge on any atom is 0.416 e. The number of fused-ring (bicyclic) bond motifs is 1. The number of amides is 1. The first kappa shape index (κ1) is 48.3. The minimum Gasteiger partial charge on any atom is -0.446 e. The fourth-order valence-corrected chi connectivity index (χ4v) is 4.61. The van der Waals surface area contributed by atoms with Gasteiger partial charge in [0.05, 0.1) is 36.4 Å². The van der Waals surface area contributed by atoms with E-state index in [2.05, 4.69) is 10.4 Å². The van der Waals surface area contributed by atoms with Crippen LogP contribution in [0.2, 0.25) is 0 Å². The van der Waals surface area contributed by atoms with Gasteiger partial charge in [-0.1, -0.05) is 37.1 Å². The number of nitrogens with zero attached hydrogens (tertiary/aromatic N) is 3. The van der Waals surface area contributed by atoms with Gasteiger partial charge in [-0.3, -0.25) is 10.3 Å². The molecule has 1 unspecified atom stereocenters. The van der Waals surface area contributed by atoms with E-state index in [1.54, 1.807) is 13.8 Å². The molecule has 0 aliphatic carbocycles. The van der Waals surface area contributed by atoms with Gasteiger partial charge in [-0.05, 0) is 76.8 Å². The minimum atomic E-state index is -4.43. The van der Waals surface area contributed by atoms with E-state index in [1.807, 2.05) is 13.8 Å². The Morgan fingerprint density at radius 1 is 1.08 bits per heavy atom. The standard InChI is InChI=1S/C14H17F3N2O2.C13H18F6N4.C4H10N2.C2H6/c1-8(2)21-13(20)19-11-5-4-10(14(15,16)17)7-9(11)3-6-12(19)18;1-9(7-13(17,18)19)3-4-10(5-6-12(14,15)16)8-23(2)11(20)22-21;5-4-1-2-6-3-4;1-2/h4-5,7-8,12H,3,6,18H2,1-2H3;3,5,20-21H,4,6-8H2,1-2H3;4,6H,1-3,5H2;1-2H3/b;9-3+,10-5+,20-11?,22-21?;;/t;;4-;/m..1./s1. The zero-order chi connectivity index (χ0) is 40.4. The summed E-state index contributed by atoms with van der Waals surface area (Å²) in [6, 6.07) is 3.73. The van der Waals surface area contributed by atoms with Gasteiger partial charge < -0.3 is 26.4 Å². The highest BCUT2D eigenvalue weighted by molar-refractivity contribution is 5.90. The predicted octanol–water partition coefficient (Wildman–Crippen LogP) is 8.67. The fraction of sp³-hybridized carbons (Fsp3) is 0.636.